The molecule has 0 unspecified atom stereocenters. The molecule has 0 fully saturated rings. The highest BCUT2D eigenvalue weighted by Crippen LogP contribution is 2.02. The third kappa shape index (κ3) is 4.51. The highest BCUT2D eigenvalue weighted by atomic mass is 16.2. The van der Waals surface area contributed by atoms with Gasteiger partial charge in [0, 0.05) is 26.7 Å². The molecule has 1 atom stereocenters. The van der Waals surface area contributed by atoms with Gasteiger partial charge in [-0.05, 0) is 20.3 Å². The molecule has 3 amide bonds. The molecule has 0 heterocycles. The van der Waals surface area contributed by atoms with E-state index in [2.05, 4.69) is 5.32 Å². The molecule has 16 heavy (non-hydrogen) atoms. The molecule has 5 heteroatoms. The Morgan fingerprint density at radius 3 is 2.19 bits per heavy atom. The molecule has 0 aromatic rings. The highest BCUT2D eigenvalue weighted by Gasteiger charge is 2.17. The lowest BCUT2D eigenvalue weighted by Crippen LogP contribution is -2.46. The van der Waals surface area contributed by atoms with Gasteiger partial charge in [0.15, 0.2) is 0 Å². The van der Waals surface area contributed by atoms with Crippen molar-refractivity contribution in [3.63, 3.8) is 0 Å². The van der Waals surface area contributed by atoms with Crippen molar-refractivity contribution in [1.82, 2.24) is 15.1 Å². The number of carbonyl (C=O) groups is 2. The number of carbonyl (C=O) groups excluding carboxylic acids is 2. The first-order valence-corrected chi connectivity index (χ1v) is 5.68. The van der Waals surface area contributed by atoms with Gasteiger partial charge in [0.05, 0.1) is 6.54 Å². The van der Waals surface area contributed by atoms with Crippen LogP contribution in [0, 0.1) is 0 Å². The zero-order valence-electron chi connectivity index (χ0n) is 10.9. The Morgan fingerprint density at radius 2 is 1.81 bits per heavy atom. The highest BCUT2D eigenvalue weighted by molar-refractivity contribution is 5.84. The van der Waals surface area contributed by atoms with Crippen LogP contribution in [0.5, 0.6) is 0 Å². The molecule has 5 nitrogen and oxygen atoms in total. The SMILES string of the molecule is CC[C@@H](C)N(CC)C(=O)CNC(=O)N(C)C. The summed E-state index contributed by atoms with van der Waals surface area (Å²) in [7, 11) is 3.29. The molecule has 0 aliphatic rings. The fraction of sp³-hybridized carbons (Fsp3) is 0.818. The summed E-state index contributed by atoms with van der Waals surface area (Å²) in [6.45, 7) is 6.73. The summed E-state index contributed by atoms with van der Waals surface area (Å²) in [5, 5.41) is 2.57. The average Bonchev–Trinajstić information content (AvgIpc) is 2.26. The van der Waals surface area contributed by atoms with Crippen LogP contribution in [-0.2, 0) is 4.79 Å². The van der Waals surface area contributed by atoms with Gasteiger partial charge in [-0.15, -0.1) is 0 Å². The maximum atomic E-state index is 11.8. The average molecular weight is 229 g/mol. The van der Waals surface area contributed by atoms with E-state index in [1.807, 2.05) is 20.8 Å². The number of nitrogens with one attached hydrogen (secondary N) is 1. The smallest absolute Gasteiger partial charge is 0.317 e. The third-order valence-corrected chi connectivity index (χ3v) is 2.58. The van der Waals surface area contributed by atoms with Gasteiger partial charge in [-0.3, -0.25) is 4.79 Å². The predicted molar refractivity (Wildman–Crippen MR) is 64.2 cm³/mol. The van der Waals surface area contributed by atoms with Crippen molar-refractivity contribution in [2.75, 3.05) is 27.2 Å². The summed E-state index contributed by atoms with van der Waals surface area (Å²) < 4.78 is 0. The molecule has 0 spiro atoms. The van der Waals surface area contributed by atoms with Crippen molar-refractivity contribution in [2.45, 2.75) is 33.2 Å². The summed E-state index contributed by atoms with van der Waals surface area (Å²) in [5.41, 5.74) is 0. The van der Waals surface area contributed by atoms with Crippen LogP contribution >= 0.6 is 0 Å². The summed E-state index contributed by atoms with van der Waals surface area (Å²) in [5.74, 6) is -0.0351. The molecule has 94 valence electrons. The van der Waals surface area contributed by atoms with Gasteiger partial charge in [0.25, 0.3) is 0 Å². The molecule has 0 aromatic carbocycles. The first-order chi connectivity index (χ1) is 7.43. The second kappa shape index (κ2) is 7.09. The van der Waals surface area contributed by atoms with Crippen LogP contribution < -0.4 is 5.32 Å². The lowest BCUT2D eigenvalue weighted by Gasteiger charge is -2.27. The monoisotopic (exact) mass is 229 g/mol. The number of hydrogen-bond acceptors (Lipinski definition) is 2. The summed E-state index contributed by atoms with van der Waals surface area (Å²) >= 11 is 0. The number of hydrogen-bond donors (Lipinski definition) is 1. The molecule has 0 radical (unpaired) electrons. The number of rotatable bonds is 5. The quantitative estimate of drug-likeness (QED) is 0.761. The molecule has 1 N–H and O–H groups in total. The van der Waals surface area contributed by atoms with Crippen LogP contribution in [0.4, 0.5) is 4.79 Å². The summed E-state index contributed by atoms with van der Waals surface area (Å²) in [6, 6.07) is -0.0256. The molecule has 0 saturated heterocycles. The molecular weight excluding hydrogens is 206 g/mol. The fourth-order valence-electron chi connectivity index (χ4n) is 1.37. The molecular formula is C11H23N3O2. The molecule has 0 aliphatic carbocycles. The van der Waals surface area contributed by atoms with Gasteiger partial charge in [-0.1, -0.05) is 6.92 Å². The third-order valence-electron chi connectivity index (χ3n) is 2.58. The normalized spacial score (nSPS) is 11.8. The number of nitrogens with zero attached hydrogens (tertiary/aromatic N) is 2. The zero-order chi connectivity index (χ0) is 12.7. The molecule has 0 aliphatic heterocycles. The number of urea groups is 1. The van der Waals surface area contributed by atoms with Gasteiger partial charge in [0.1, 0.15) is 0 Å². The van der Waals surface area contributed by atoms with Crippen LogP contribution in [0.2, 0.25) is 0 Å². The second-order valence-corrected chi connectivity index (χ2v) is 3.99. The van der Waals surface area contributed by atoms with E-state index in [0.717, 1.165) is 6.42 Å². The first-order valence-electron chi connectivity index (χ1n) is 5.68. The predicted octanol–water partition coefficient (Wildman–Crippen LogP) is 0.905. The van der Waals surface area contributed by atoms with Crippen molar-refractivity contribution >= 4 is 11.9 Å². The lowest BCUT2D eigenvalue weighted by molar-refractivity contribution is -0.131. The maximum absolute atomic E-state index is 11.8. The van der Waals surface area contributed by atoms with Crippen molar-refractivity contribution in [3.05, 3.63) is 0 Å². The Bertz CT molecular complexity index is 241. The van der Waals surface area contributed by atoms with Crippen molar-refractivity contribution in [3.8, 4) is 0 Å². The molecule has 0 rings (SSSR count). The van der Waals surface area contributed by atoms with E-state index in [0.29, 0.717) is 6.54 Å². The van der Waals surface area contributed by atoms with E-state index in [9.17, 15) is 9.59 Å². The summed E-state index contributed by atoms with van der Waals surface area (Å²) in [6.07, 6.45) is 0.918. The van der Waals surface area contributed by atoms with E-state index in [1.54, 1.807) is 19.0 Å². The Morgan fingerprint density at radius 1 is 1.25 bits per heavy atom. The molecule has 0 bridgehead atoms. The topological polar surface area (TPSA) is 52.7 Å². The standard InChI is InChI=1S/C11H23N3O2/c1-6-9(3)14(7-2)10(15)8-12-11(16)13(4)5/h9H,6-8H2,1-5H3,(H,12,16)/t9-/m1/s1. The van der Waals surface area contributed by atoms with E-state index >= 15 is 0 Å². The lowest BCUT2D eigenvalue weighted by atomic mass is 10.2. The van der Waals surface area contributed by atoms with Crippen molar-refractivity contribution < 1.29 is 9.59 Å². The van der Waals surface area contributed by atoms with Gasteiger partial charge >= 0.3 is 6.03 Å². The Hall–Kier alpha value is -1.26. The fourth-order valence-corrected chi connectivity index (χ4v) is 1.37. The number of amides is 3. The summed E-state index contributed by atoms with van der Waals surface area (Å²) in [4.78, 5) is 26.2. The minimum atomic E-state index is -0.242. The first kappa shape index (κ1) is 14.7. The number of likely N-dealkylation sites (N-methyl/N-ethyl adjacent to an activating group) is 1. The van der Waals surface area contributed by atoms with E-state index in [4.69, 9.17) is 0 Å². The minimum Gasteiger partial charge on any atom is -0.339 e. The van der Waals surface area contributed by atoms with Gasteiger partial charge in [0.2, 0.25) is 5.91 Å². The van der Waals surface area contributed by atoms with Crippen molar-refractivity contribution in [2.24, 2.45) is 0 Å². The molecule has 0 saturated carbocycles. The Labute approximate surface area is 97.8 Å². The van der Waals surface area contributed by atoms with Gasteiger partial charge < -0.3 is 15.1 Å². The van der Waals surface area contributed by atoms with Crippen LogP contribution in [0.15, 0.2) is 0 Å². The Kier molecular flexibility index (Phi) is 6.53. The molecule has 0 aromatic heterocycles. The maximum Gasteiger partial charge on any atom is 0.317 e. The van der Waals surface area contributed by atoms with Gasteiger partial charge in [-0.2, -0.15) is 0 Å². The largest absolute Gasteiger partial charge is 0.339 e. The van der Waals surface area contributed by atoms with E-state index in [1.165, 1.54) is 4.90 Å². The van der Waals surface area contributed by atoms with Crippen LogP contribution in [0.3, 0.4) is 0 Å². The van der Waals surface area contributed by atoms with Crippen molar-refractivity contribution in [1.29, 1.82) is 0 Å². The van der Waals surface area contributed by atoms with Crippen LogP contribution in [-0.4, -0.2) is 55.0 Å². The van der Waals surface area contributed by atoms with Crippen LogP contribution in [0.1, 0.15) is 27.2 Å². The minimum absolute atomic E-state index is 0.0351. The zero-order valence-corrected chi connectivity index (χ0v) is 10.9. The van der Waals surface area contributed by atoms with Gasteiger partial charge in [-0.25, -0.2) is 4.79 Å². The Balaban J connectivity index is 4.17. The second-order valence-electron chi connectivity index (χ2n) is 3.99. The van der Waals surface area contributed by atoms with E-state index in [-0.39, 0.29) is 24.5 Å². The van der Waals surface area contributed by atoms with Crippen LogP contribution in [0.25, 0.3) is 0 Å². The van der Waals surface area contributed by atoms with E-state index < -0.39 is 0 Å².